The molecule has 0 unspecified atom stereocenters. The molecule has 2 aromatic carbocycles. The van der Waals surface area contributed by atoms with E-state index < -0.39 is 5.67 Å². The molecule has 0 aliphatic carbocycles. The van der Waals surface area contributed by atoms with Crippen molar-refractivity contribution in [2.75, 3.05) is 18.8 Å². The van der Waals surface area contributed by atoms with Crippen LogP contribution in [0.5, 0.6) is 0 Å². The summed E-state index contributed by atoms with van der Waals surface area (Å²) >= 11 is 0. The number of nitrogen functional groups attached to an aromatic ring is 1. The summed E-state index contributed by atoms with van der Waals surface area (Å²) in [7, 11) is 0. The Hall–Kier alpha value is -3.26. The zero-order valence-corrected chi connectivity index (χ0v) is 20.9. The largest absolute Gasteiger partial charge is 0.399 e. The summed E-state index contributed by atoms with van der Waals surface area (Å²) in [6, 6.07) is 10.8. The van der Waals surface area contributed by atoms with E-state index >= 15 is 4.39 Å². The number of carbonyl (C=O) groups is 1. The van der Waals surface area contributed by atoms with Crippen molar-refractivity contribution >= 4 is 11.6 Å². The first-order chi connectivity index (χ1) is 16.7. The van der Waals surface area contributed by atoms with Gasteiger partial charge in [-0.25, -0.2) is 4.39 Å². The number of halogens is 1. The number of H-pyrrole nitrogens is 1. The number of alkyl halides is 1. The van der Waals surface area contributed by atoms with Crippen molar-refractivity contribution in [2.45, 2.75) is 65.3 Å². The number of anilines is 1. The fraction of sp³-hybridized carbons (Fsp3) is 0.444. The predicted octanol–water partition coefficient (Wildman–Crippen LogP) is 4.95. The molecule has 35 heavy (non-hydrogen) atoms. The molecular weight excluding hydrogens is 445 g/mol. The highest BCUT2D eigenvalue weighted by Gasteiger charge is 2.38. The molecule has 186 valence electrons. The first-order valence-corrected chi connectivity index (χ1v) is 12.2. The van der Waals surface area contributed by atoms with Crippen LogP contribution in [0.3, 0.4) is 0 Å². The van der Waals surface area contributed by atoms with Crippen LogP contribution in [-0.4, -0.2) is 45.2 Å². The molecule has 7 nitrogen and oxygen atoms in total. The van der Waals surface area contributed by atoms with Crippen LogP contribution in [0.4, 0.5) is 10.1 Å². The molecule has 3 aromatic rings. The smallest absolute Gasteiger partial charge is 0.254 e. The first-order valence-electron chi connectivity index (χ1n) is 12.2. The number of carbonyl (C=O) groups excluding carboxylic acids is 1. The maximum absolute atomic E-state index is 15.6. The Morgan fingerprint density at radius 2 is 1.89 bits per heavy atom. The van der Waals surface area contributed by atoms with E-state index in [1.165, 1.54) is 0 Å². The molecule has 1 aromatic heterocycles. The third kappa shape index (κ3) is 5.37. The maximum Gasteiger partial charge on any atom is 0.254 e. The van der Waals surface area contributed by atoms with Crippen LogP contribution in [0, 0.1) is 6.92 Å². The molecule has 2 heterocycles. The predicted molar refractivity (Wildman–Crippen MR) is 135 cm³/mol. The minimum Gasteiger partial charge on any atom is -0.399 e. The lowest BCUT2D eigenvalue weighted by Crippen LogP contribution is -2.43. The Morgan fingerprint density at radius 1 is 1.20 bits per heavy atom. The lowest BCUT2D eigenvalue weighted by atomic mass is 9.85. The number of ether oxygens (including phenoxy) is 1. The van der Waals surface area contributed by atoms with Crippen molar-refractivity contribution in [3.05, 3.63) is 64.5 Å². The number of aromatic nitrogens is 3. The van der Waals surface area contributed by atoms with Crippen molar-refractivity contribution in [1.82, 2.24) is 20.1 Å². The van der Waals surface area contributed by atoms with E-state index in [1.54, 1.807) is 29.2 Å². The van der Waals surface area contributed by atoms with Crippen LogP contribution in [0.1, 0.15) is 66.5 Å². The molecule has 0 saturated carbocycles. The van der Waals surface area contributed by atoms with Gasteiger partial charge in [0.1, 0.15) is 12.3 Å². The summed E-state index contributed by atoms with van der Waals surface area (Å²) in [5.41, 5.74) is 8.96. The maximum atomic E-state index is 15.6. The number of piperidine rings is 1. The van der Waals surface area contributed by atoms with Gasteiger partial charge in [0.05, 0.1) is 6.10 Å². The molecule has 1 aliphatic rings. The molecule has 0 spiro atoms. The number of aryl methyl sites for hydroxylation is 2. The van der Waals surface area contributed by atoms with E-state index in [0.29, 0.717) is 48.2 Å². The third-order valence-electron chi connectivity index (χ3n) is 6.67. The standard InChI is InChI=1S/C27H34FN5O2/c1-5-19-14-18(4)22(15-23(19)25-30-24(31-32-25)16-35-17(2)3)26(34)33-12-10-27(28,11-13-33)20-6-8-21(29)9-7-20/h6-9,14-15,17H,5,10-13,16,29H2,1-4H3,(H,30,31,32). The topological polar surface area (TPSA) is 97.1 Å². The van der Waals surface area contributed by atoms with Crippen molar-refractivity contribution < 1.29 is 13.9 Å². The Labute approximate surface area is 205 Å². The molecule has 3 N–H and O–H groups in total. The average molecular weight is 480 g/mol. The number of amides is 1. The number of rotatable bonds is 7. The lowest BCUT2D eigenvalue weighted by Gasteiger charge is -2.37. The highest BCUT2D eigenvalue weighted by Crippen LogP contribution is 2.38. The summed E-state index contributed by atoms with van der Waals surface area (Å²) in [6.07, 6.45) is 1.39. The highest BCUT2D eigenvalue weighted by molar-refractivity contribution is 5.97. The normalized spacial score (nSPS) is 15.5. The van der Waals surface area contributed by atoms with Crippen molar-refractivity contribution in [2.24, 2.45) is 0 Å². The van der Waals surface area contributed by atoms with E-state index in [9.17, 15) is 4.79 Å². The number of nitrogens with zero attached hydrogens (tertiary/aromatic N) is 3. The highest BCUT2D eigenvalue weighted by atomic mass is 19.1. The molecule has 0 bridgehead atoms. The fourth-order valence-electron chi connectivity index (χ4n) is 4.54. The summed E-state index contributed by atoms with van der Waals surface area (Å²) in [5, 5.41) is 8.51. The quantitative estimate of drug-likeness (QED) is 0.467. The number of nitrogens with one attached hydrogen (secondary N) is 1. The van der Waals surface area contributed by atoms with E-state index in [1.807, 2.05) is 32.9 Å². The molecule has 4 rings (SSSR count). The van der Waals surface area contributed by atoms with E-state index in [4.69, 9.17) is 10.5 Å². The van der Waals surface area contributed by atoms with Gasteiger partial charge in [-0.3, -0.25) is 4.79 Å². The molecular formula is C27H34FN5O2. The lowest BCUT2D eigenvalue weighted by molar-refractivity contribution is 0.0421. The Bertz CT molecular complexity index is 1180. The van der Waals surface area contributed by atoms with Gasteiger partial charge in [-0.15, -0.1) is 10.2 Å². The zero-order chi connectivity index (χ0) is 25.2. The molecule has 0 atom stereocenters. The van der Waals surface area contributed by atoms with Gasteiger partial charge >= 0.3 is 0 Å². The van der Waals surface area contributed by atoms with Gasteiger partial charge in [0.2, 0.25) is 0 Å². The summed E-state index contributed by atoms with van der Waals surface area (Å²) in [5.74, 6) is 1.17. The van der Waals surface area contributed by atoms with Crippen molar-refractivity contribution in [3.63, 3.8) is 0 Å². The van der Waals surface area contributed by atoms with Gasteiger partial charge in [-0.05, 0) is 62.1 Å². The van der Waals surface area contributed by atoms with Gasteiger partial charge in [-0.1, -0.05) is 25.1 Å². The van der Waals surface area contributed by atoms with Gasteiger partial charge in [-0.2, -0.15) is 0 Å². The van der Waals surface area contributed by atoms with Gasteiger partial charge in [0.25, 0.3) is 5.91 Å². The van der Waals surface area contributed by atoms with Crippen molar-refractivity contribution in [3.8, 4) is 11.4 Å². The molecule has 0 radical (unpaired) electrons. The minimum absolute atomic E-state index is 0.0889. The Balaban J connectivity index is 1.54. The zero-order valence-electron chi connectivity index (χ0n) is 20.9. The van der Waals surface area contributed by atoms with E-state index in [2.05, 4.69) is 22.1 Å². The second kappa shape index (κ2) is 10.2. The van der Waals surface area contributed by atoms with Crippen LogP contribution in [0.15, 0.2) is 36.4 Å². The number of nitrogens with two attached hydrogens (primary N) is 1. The monoisotopic (exact) mass is 479 g/mol. The molecule has 1 fully saturated rings. The van der Waals surface area contributed by atoms with Gasteiger partial charge in [0, 0.05) is 42.7 Å². The molecule has 8 heteroatoms. The Morgan fingerprint density at radius 3 is 2.51 bits per heavy atom. The van der Waals surface area contributed by atoms with E-state index in [-0.39, 0.29) is 24.9 Å². The molecule has 1 aliphatic heterocycles. The molecule has 1 amide bonds. The van der Waals surface area contributed by atoms with Crippen molar-refractivity contribution in [1.29, 1.82) is 0 Å². The van der Waals surface area contributed by atoms with Crippen LogP contribution in [-0.2, 0) is 23.4 Å². The molecule has 1 saturated heterocycles. The third-order valence-corrected chi connectivity index (χ3v) is 6.67. The number of hydrogen-bond donors (Lipinski definition) is 2. The number of likely N-dealkylation sites (tertiary alicyclic amines) is 1. The SMILES string of the molecule is CCc1cc(C)c(C(=O)N2CCC(F)(c3ccc(N)cc3)CC2)cc1-c1nnc(COC(C)C)[nH]1. The first kappa shape index (κ1) is 24.9. The van der Waals surface area contributed by atoms with E-state index in [0.717, 1.165) is 23.1 Å². The van der Waals surface area contributed by atoms with Crippen LogP contribution in [0.25, 0.3) is 11.4 Å². The number of aromatic amines is 1. The van der Waals surface area contributed by atoms with Crippen LogP contribution >= 0.6 is 0 Å². The fourth-order valence-corrected chi connectivity index (χ4v) is 4.54. The average Bonchev–Trinajstić information content (AvgIpc) is 3.32. The summed E-state index contributed by atoms with van der Waals surface area (Å²) in [6.45, 7) is 8.99. The van der Waals surface area contributed by atoms with Gasteiger partial charge < -0.3 is 20.4 Å². The minimum atomic E-state index is -1.45. The van der Waals surface area contributed by atoms with Crippen LogP contribution in [0.2, 0.25) is 0 Å². The second-order valence-electron chi connectivity index (χ2n) is 9.54. The Kier molecular flexibility index (Phi) is 7.21. The summed E-state index contributed by atoms with van der Waals surface area (Å²) in [4.78, 5) is 18.5. The number of hydrogen-bond acceptors (Lipinski definition) is 5. The van der Waals surface area contributed by atoms with Crippen LogP contribution < -0.4 is 5.73 Å². The second-order valence-corrected chi connectivity index (χ2v) is 9.54. The summed E-state index contributed by atoms with van der Waals surface area (Å²) < 4.78 is 21.3. The van der Waals surface area contributed by atoms with Gasteiger partial charge in [0.15, 0.2) is 11.6 Å². The number of benzene rings is 2.